The zero-order valence-corrected chi connectivity index (χ0v) is 8.03. The fraction of sp³-hybridized carbons (Fsp3) is 0.375. The summed E-state index contributed by atoms with van der Waals surface area (Å²) in [5.74, 6) is 0. The number of aromatic nitrogens is 1. The van der Waals surface area contributed by atoms with Crippen molar-refractivity contribution in [2.24, 2.45) is 5.73 Å². The van der Waals surface area contributed by atoms with Gasteiger partial charge in [-0.3, -0.25) is 4.98 Å². The SMILES string of the molecule is Cl.NCCc1ccnc(C(F)(F)F)c1. The maximum atomic E-state index is 12.1. The van der Waals surface area contributed by atoms with Gasteiger partial charge >= 0.3 is 6.18 Å². The molecule has 1 heterocycles. The van der Waals surface area contributed by atoms with E-state index in [2.05, 4.69) is 4.98 Å². The van der Waals surface area contributed by atoms with Gasteiger partial charge in [0.15, 0.2) is 0 Å². The minimum Gasteiger partial charge on any atom is -0.330 e. The summed E-state index contributed by atoms with van der Waals surface area (Å²) < 4.78 is 36.3. The first-order chi connectivity index (χ1) is 6.04. The van der Waals surface area contributed by atoms with Crippen molar-refractivity contribution in [1.82, 2.24) is 4.98 Å². The van der Waals surface area contributed by atoms with Crippen LogP contribution >= 0.6 is 12.4 Å². The lowest BCUT2D eigenvalue weighted by Gasteiger charge is -2.06. The molecule has 1 aromatic heterocycles. The molecule has 0 spiro atoms. The molecule has 0 fully saturated rings. The second-order valence-corrected chi connectivity index (χ2v) is 2.59. The smallest absolute Gasteiger partial charge is 0.330 e. The van der Waals surface area contributed by atoms with Gasteiger partial charge in [0.05, 0.1) is 0 Å². The van der Waals surface area contributed by atoms with Gasteiger partial charge in [-0.2, -0.15) is 13.2 Å². The zero-order valence-electron chi connectivity index (χ0n) is 7.21. The van der Waals surface area contributed by atoms with Gasteiger partial charge in [0.2, 0.25) is 0 Å². The number of nitrogens with zero attached hydrogens (tertiary/aromatic N) is 1. The van der Waals surface area contributed by atoms with Crippen molar-refractivity contribution in [3.8, 4) is 0 Å². The standard InChI is InChI=1S/C8H9F3N2.ClH/c9-8(10,11)7-5-6(1-3-12)2-4-13-7;/h2,4-5H,1,3,12H2;1H. The molecule has 0 bridgehead atoms. The Kier molecular flexibility index (Phi) is 4.87. The molecule has 0 saturated heterocycles. The number of pyridine rings is 1. The van der Waals surface area contributed by atoms with Crippen LogP contribution in [0, 0.1) is 0 Å². The van der Waals surface area contributed by atoms with Gasteiger partial charge in [-0.15, -0.1) is 12.4 Å². The highest BCUT2D eigenvalue weighted by Gasteiger charge is 2.32. The summed E-state index contributed by atoms with van der Waals surface area (Å²) in [6.07, 6.45) is -2.79. The average Bonchev–Trinajstić information content (AvgIpc) is 2.04. The van der Waals surface area contributed by atoms with E-state index in [1.54, 1.807) is 0 Å². The molecule has 0 radical (unpaired) electrons. The molecule has 0 amide bonds. The van der Waals surface area contributed by atoms with Crippen molar-refractivity contribution in [3.63, 3.8) is 0 Å². The zero-order chi connectivity index (χ0) is 9.90. The second kappa shape index (κ2) is 5.17. The Bertz CT molecular complexity index is 288. The first kappa shape index (κ1) is 13.2. The van der Waals surface area contributed by atoms with Gasteiger partial charge in [0.1, 0.15) is 5.69 Å². The molecule has 0 aromatic carbocycles. The Morgan fingerprint density at radius 3 is 2.50 bits per heavy atom. The van der Waals surface area contributed by atoms with E-state index in [0.29, 0.717) is 18.5 Å². The van der Waals surface area contributed by atoms with E-state index in [9.17, 15) is 13.2 Å². The van der Waals surface area contributed by atoms with Crippen LogP contribution in [0.2, 0.25) is 0 Å². The molecule has 1 rings (SSSR count). The van der Waals surface area contributed by atoms with Gasteiger partial charge < -0.3 is 5.73 Å². The van der Waals surface area contributed by atoms with Crippen LogP contribution in [0.5, 0.6) is 0 Å². The minimum atomic E-state index is -4.37. The summed E-state index contributed by atoms with van der Waals surface area (Å²) in [6.45, 7) is 0.335. The summed E-state index contributed by atoms with van der Waals surface area (Å²) >= 11 is 0. The number of rotatable bonds is 2. The highest BCUT2D eigenvalue weighted by atomic mass is 35.5. The van der Waals surface area contributed by atoms with Gasteiger partial charge in [0.25, 0.3) is 0 Å². The Morgan fingerprint density at radius 1 is 1.36 bits per heavy atom. The van der Waals surface area contributed by atoms with Crippen molar-refractivity contribution < 1.29 is 13.2 Å². The lowest BCUT2D eigenvalue weighted by Crippen LogP contribution is -2.09. The number of nitrogens with two attached hydrogens (primary N) is 1. The van der Waals surface area contributed by atoms with Gasteiger partial charge in [-0.05, 0) is 30.7 Å². The average molecular weight is 227 g/mol. The van der Waals surface area contributed by atoms with Crippen LogP contribution in [0.1, 0.15) is 11.3 Å². The molecule has 2 N–H and O–H groups in total. The largest absolute Gasteiger partial charge is 0.433 e. The molecule has 6 heteroatoms. The van der Waals surface area contributed by atoms with Crippen molar-refractivity contribution in [1.29, 1.82) is 0 Å². The van der Waals surface area contributed by atoms with E-state index in [1.165, 1.54) is 6.07 Å². The van der Waals surface area contributed by atoms with Crippen LogP contribution < -0.4 is 5.73 Å². The van der Waals surface area contributed by atoms with E-state index in [4.69, 9.17) is 5.73 Å². The maximum Gasteiger partial charge on any atom is 0.433 e. The van der Waals surface area contributed by atoms with Crippen LogP contribution in [0.3, 0.4) is 0 Å². The molecule has 0 aliphatic carbocycles. The number of halogens is 4. The van der Waals surface area contributed by atoms with Crippen LogP contribution in [-0.4, -0.2) is 11.5 Å². The number of alkyl halides is 3. The predicted octanol–water partition coefficient (Wildman–Crippen LogP) is 2.02. The van der Waals surface area contributed by atoms with Crippen molar-refractivity contribution in [2.75, 3.05) is 6.54 Å². The second-order valence-electron chi connectivity index (χ2n) is 2.59. The molecule has 2 nitrogen and oxygen atoms in total. The predicted molar refractivity (Wildman–Crippen MR) is 49.2 cm³/mol. The summed E-state index contributed by atoms with van der Waals surface area (Å²) in [5.41, 5.74) is 4.92. The Morgan fingerprint density at radius 2 is 2.00 bits per heavy atom. The van der Waals surface area contributed by atoms with E-state index >= 15 is 0 Å². The molecule has 0 atom stereocenters. The van der Waals surface area contributed by atoms with E-state index in [-0.39, 0.29) is 12.4 Å². The summed E-state index contributed by atoms with van der Waals surface area (Å²) in [7, 11) is 0. The van der Waals surface area contributed by atoms with Gasteiger partial charge in [-0.25, -0.2) is 0 Å². The highest BCUT2D eigenvalue weighted by molar-refractivity contribution is 5.85. The molecular formula is C8H10ClF3N2. The molecule has 0 unspecified atom stereocenters. The molecule has 14 heavy (non-hydrogen) atoms. The molecule has 0 saturated carbocycles. The van der Waals surface area contributed by atoms with Crippen LogP contribution in [0.25, 0.3) is 0 Å². The maximum absolute atomic E-state index is 12.1. The van der Waals surface area contributed by atoms with Crippen LogP contribution in [0.15, 0.2) is 18.3 Å². The number of hydrogen-bond donors (Lipinski definition) is 1. The highest BCUT2D eigenvalue weighted by Crippen LogP contribution is 2.27. The molecule has 80 valence electrons. The lowest BCUT2D eigenvalue weighted by molar-refractivity contribution is -0.141. The first-order valence-electron chi connectivity index (χ1n) is 3.76. The molecule has 0 aliphatic heterocycles. The molecule has 1 aromatic rings. The topological polar surface area (TPSA) is 38.9 Å². The summed E-state index contributed by atoms with van der Waals surface area (Å²) in [4.78, 5) is 3.23. The van der Waals surface area contributed by atoms with Crippen molar-refractivity contribution in [2.45, 2.75) is 12.6 Å². The minimum absolute atomic E-state index is 0. The van der Waals surface area contributed by atoms with E-state index in [1.807, 2.05) is 0 Å². The third-order valence-corrected chi connectivity index (χ3v) is 1.55. The van der Waals surface area contributed by atoms with E-state index < -0.39 is 11.9 Å². The Hall–Kier alpha value is -0.810. The number of hydrogen-bond acceptors (Lipinski definition) is 2. The Balaban J connectivity index is 0.00000169. The fourth-order valence-corrected chi connectivity index (χ4v) is 0.951. The normalized spacial score (nSPS) is 10.9. The van der Waals surface area contributed by atoms with Crippen molar-refractivity contribution in [3.05, 3.63) is 29.6 Å². The van der Waals surface area contributed by atoms with Crippen molar-refractivity contribution >= 4 is 12.4 Å². The third kappa shape index (κ3) is 3.51. The fourth-order valence-electron chi connectivity index (χ4n) is 0.951. The van der Waals surface area contributed by atoms with Crippen LogP contribution in [-0.2, 0) is 12.6 Å². The molecule has 0 aliphatic rings. The van der Waals surface area contributed by atoms with Gasteiger partial charge in [-0.1, -0.05) is 0 Å². The summed E-state index contributed by atoms with van der Waals surface area (Å²) in [6, 6.07) is 2.55. The third-order valence-electron chi connectivity index (χ3n) is 1.55. The van der Waals surface area contributed by atoms with E-state index in [0.717, 1.165) is 12.3 Å². The lowest BCUT2D eigenvalue weighted by atomic mass is 10.1. The molecular weight excluding hydrogens is 217 g/mol. The quantitative estimate of drug-likeness (QED) is 0.838. The monoisotopic (exact) mass is 226 g/mol. The first-order valence-corrected chi connectivity index (χ1v) is 3.76. The van der Waals surface area contributed by atoms with Crippen LogP contribution in [0.4, 0.5) is 13.2 Å². The van der Waals surface area contributed by atoms with Gasteiger partial charge in [0, 0.05) is 6.20 Å². The summed E-state index contributed by atoms with van der Waals surface area (Å²) in [5, 5.41) is 0. The Labute approximate surface area is 85.7 Å².